The van der Waals surface area contributed by atoms with E-state index in [2.05, 4.69) is 9.82 Å². The smallest absolute Gasteiger partial charge is 0.274 e. The molecule has 2 rings (SSSR count). The monoisotopic (exact) mass is 330 g/mol. The van der Waals surface area contributed by atoms with Crippen LogP contribution in [0.5, 0.6) is 0 Å². The summed E-state index contributed by atoms with van der Waals surface area (Å²) in [4.78, 5) is 9.96. The second-order valence-corrected chi connectivity index (χ2v) is 6.38. The molecule has 0 amide bonds. The molecule has 21 heavy (non-hydrogen) atoms. The van der Waals surface area contributed by atoms with E-state index in [9.17, 15) is 18.5 Å². The molecule has 2 aromatic rings. The molecule has 1 heterocycles. The van der Waals surface area contributed by atoms with E-state index in [0.29, 0.717) is 0 Å². The van der Waals surface area contributed by atoms with Crippen molar-refractivity contribution in [1.29, 1.82) is 0 Å². The summed E-state index contributed by atoms with van der Waals surface area (Å²) in [5, 5.41) is 14.8. The molecule has 0 spiro atoms. The van der Waals surface area contributed by atoms with Crippen molar-refractivity contribution in [1.82, 2.24) is 9.78 Å². The Morgan fingerprint density at radius 3 is 2.62 bits per heavy atom. The Morgan fingerprint density at radius 2 is 2.10 bits per heavy atom. The number of nitrogens with one attached hydrogen (secondary N) is 1. The van der Waals surface area contributed by atoms with Crippen molar-refractivity contribution < 1.29 is 13.3 Å². The first-order valence-corrected chi connectivity index (χ1v) is 7.54. The van der Waals surface area contributed by atoms with Crippen molar-refractivity contribution in [2.24, 2.45) is 7.05 Å². The Bertz CT molecular complexity index is 816. The molecular formula is C11H11ClN4O4S. The summed E-state index contributed by atoms with van der Waals surface area (Å²) in [6, 6.07) is 3.59. The summed E-state index contributed by atoms with van der Waals surface area (Å²) in [5.41, 5.74) is -0.151. The minimum Gasteiger partial charge on any atom is -0.274 e. The van der Waals surface area contributed by atoms with E-state index < -0.39 is 14.9 Å². The van der Waals surface area contributed by atoms with Gasteiger partial charge in [0, 0.05) is 30.9 Å². The maximum Gasteiger partial charge on any atom is 0.275 e. The Balaban J connectivity index is 2.47. The van der Waals surface area contributed by atoms with Gasteiger partial charge in [0.1, 0.15) is 0 Å². The third-order valence-corrected chi connectivity index (χ3v) is 4.48. The number of nitro groups is 1. The van der Waals surface area contributed by atoms with Gasteiger partial charge in [-0.05, 0) is 13.0 Å². The van der Waals surface area contributed by atoms with Crippen molar-refractivity contribution in [2.75, 3.05) is 4.72 Å². The molecule has 10 heteroatoms. The predicted molar refractivity (Wildman–Crippen MR) is 76.9 cm³/mol. The number of nitro benzene ring substituents is 1. The van der Waals surface area contributed by atoms with E-state index >= 15 is 0 Å². The molecular weight excluding hydrogens is 320 g/mol. The molecule has 0 saturated heterocycles. The fourth-order valence-corrected chi connectivity index (χ4v) is 2.97. The quantitative estimate of drug-likeness (QED) is 0.682. The van der Waals surface area contributed by atoms with E-state index in [1.54, 1.807) is 13.2 Å². The van der Waals surface area contributed by atoms with Crippen molar-refractivity contribution in [3.8, 4) is 0 Å². The lowest BCUT2D eigenvalue weighted by Crippen LogP contribution is -2.14. The number of benzene rings is 1. The van der Waals surface area contributed by atoms with Gasteiger partial charge in [-0.15, -0.1) is 0 Å². The van der Waals surface area contributed by atoms with Gasteiger partial charge in [-0.2, -0.15) is 5.10 Å². The number of hydrogen-bond acceptors (Lipinski definition) is 5. The number of aromatic nitrogens is 2. The Morgan fingerprint density at radius 1 is 1.43 bits per heavy atom. The van der Waals surface area contributed by atoms with Gasteiger partial charge in [0.05, 0.1) is 14.8 Å². The lowest BCUT2D eigenvalue weighted by molar-refractivity contribution is -0.385. The van der Waals surface area contributed by atoms with Gasteiger partial charge in [0.25, 0.3) is 15.7 Å². The first-order chi connectivity index (χ1) is 9.70. The second kappa shape index (κ2) is 5.34. The van der Waals surface area contributed by atoms with Gasteiger partial charge < -0.3 is 0 Å². The van der Waals surface area contributed by atoms with Crippen LogP contribution in [0.1, 0.15) is 5.56 Å². The lowest BCUT2D eigenvalue weighted by atomic mass is 10.2. The van der Waals surface area contributed by atoms with E-state index in [1.807, 2.05) is 0 Å². The highest BCUT2D eigenvalue weighted by atomic mass is 35.5. The van der Waals surface area contributed by atoms with Crippen LogP contribution in [-0.2, 0) is 17.1 Å². The molecule has 0 fully saturated rings. The fourth-order valence-electron chi connectivity index (χ4n) is 1.65. The zero-order chi connectivity index (χ0) is 15.8. The van der Waals surface area contributed by atoms with Crippen LogP contribution < -0.4 is 4.72 Å². The SMILES string of the molecule is Cc1c(Cl)cc(S(=O)(=O)Nc2ccn(C)n2)cc1[N+](=O)[O-]. The van der Waals surface area contributed by atoms with Crippen molar-refractivity contribution in [2.45, 2.75) is 11.8 Å². The molecule has 0 radical (unpaired) electrons. The summed E-state index contributed by atoms with van der Waals surface area (Å²) in [6.07, 6.45) is 1.56. The maximum atomic E-state index is 12.2. The molecule has 112 valence electrons. The van der Waals surface area contributed by atoms with E-state index in [-0.39, 0.29) is 27.0 Å². The van der Waals surface area contributed by atoms with Crippen LogP contribution in [0.15, 0.2) is 29.3 Å². The third kappa shape index (κ3) is 3.14. The Hall–Kier alpha value is -2.13. The summed E-state index contributed by atoms with van der Waals surface area (Å²) >= 11 is 5.86. The van der Waals surface area contributed by atoms with Gasteiger partial charge in [-0.1, -0.05) is 11.6 Å². The number of halogens is 1. The molecule has 1 N–H and O–H groups in total. The summed E-state index contributed by atoms with van der Waals surface area (Å²) in [7, 11) is -2.38. The average Bonchev–Trinajstić information content (AvgIpc) is 2.76. The molecule has 0 aliphatic rings. The first-order valence-electron chi connectivity index (χ1n) is 5.68. The van der Waals surface area contributed by atoms with Crippen LogP contribution in [0.4, 0.5) is 11.5 Å². The minimum atomic E-state index is -4.01. The van der Waals surface area contributed by atoms with Crippen molar-refractivity contribution >= 4 is 33.1 Å². The van der Waals surface area contributed by atoms with E-state index in [0.717, 1.165) is 12.1 Å². The van der Waals surface area contributed by atoms with Gasteiger partial charge in [-0.25, -0.2) is 8.42 Å². The molecule has 0 atom stereocenters. The first kappa shape index (κ1) is 15.3. The highest BCUT2D eigenvalue weighted by Gasteiger charge is 2.23. The van der Waals surface area contributed by atoms with Crippen LogP contribution >= 0.6 is 11.6 Å². The lowest BCUT2D eigenvalue weighted by Gasteiger charge is -2.07. The van der Waals surface area contributed by atoms with Crippen LogP contribution in [-0.4, -0.2) is 23.1 Å². The van der Waals surface area contributed by atoms with Crippen LogP contribution in [0.2, 0.25) is 5.02 Å². The van der Waals surface area contributed by atoms with Gasteiger partial charge in [-0.3, -0.25) is 19.5 Å². The normalized spacial score (nSPS) is 11.4. The maximum absolute atomic E-state index is 12.2. The second-order valence-electron chi connectivity index (χ2n) is 4.29. The molecule has 1 aromatic carbocycles. The highest BCUT2D eigenvalue weighted by Crippen LogP contribution is 2.30. The standard InChI is InChI=1S/C11H11ClN4O4S/c1-7-9(12)5-8(6-10(7)16(17)18)21(19,20)14-11-3-4-15(2)13-11/h3-6H,1-2H3,(H,13,14). The molecule has 0 aliphatic heterocycles. The van der Waals surface area contributed by atoms with Crippen LogP contribution in [0.3, 0.4) is 0 Å². The molecule has 0 aliphatic carbocycles. The highest BCUT2D eigenvalue weighted by molar-refractivity contribution is 7.92. The van der Waals surface area contributed by atoms with Crippen molar-refractivity contribution in [3.05, 3.63) is 45.1 Å². The third-order valence-electron chi connectivity index (χ3n) is 2.75. The van der Waals surface area contributed by atoms with E-state index in [4.69, 9.17) is 11.6 Å². The molecule has 1 aromatic heterocycles. The number of anilines is 1. The van der Waals surface area contributed by atoms with Gasteiger partial charge >= 0.3 is 0 Å². The van der Waals surface area contributed by atoms with Crippen LogP contribution in [0, 0.1) is 17.0 Å². The molecule has 0 unspecified atom stereocenters. The van der Waals surface area contributed by atoms with Crippen molar-refractivity contribution in [3.63, 3.8) is 0 Å². The molecule has 0 bridgehead atoms. The summed E-state index contributed by atoms with van der Waals surface area (Å²) in [6.45, 7) is 1.45. The van der Waals surface area contributed by atoms with E-state index in [1.165, 1.54) is 17.7 Å². The van der Waals surface area contributed by atoms with Gasteiger partial charge in [0.15, 0.2) is 5.82 Å². The number of nitrogens with zero attached hydrogens (tertiary/aromatic N) is 3. The molecule has 0 saturated carbocycles. The number of aryl methyl sites for hydroxylation is 1. The predicted octanol–water partition coefficient (Wildman–Crippen LogP) is 2.09. The largest absolute Gasteiger partial charge is 0.275 e. The van der Waals surface area contributed by atoms with Gasteiger partial charge in [0.2, 0.25) is 0 Å². The zero-order valence-corrected chi connectivity index (χ0v) is 12.6. The topological polar surface area (TPSA) is 107 Å². The minimum absolute atomic E-state index is 0.00518. The Kier molecular flexibility index (Phi) is 3.88. The molecule has 8 nitrogen and oxygen atoms in total. The fraction of sp³-hybridized carbons (Fsp3) is 0.182. The average molecular weight is 331 g/mol. The zero-order valence-electron chi connectivity index (χ0n) is 11.1. The number of sulfonamides is 1. The number of hydrogen-bond donors (Lipinski definition) is 1. The summed E-state index contributed by atoms with van der Waals surface area (Å²) < 4.78 is 28.1. The number of rotatable bonds is 4. The Labute approximate surface area is 125 Å². The van der Waals surface area contributed by atoms with Crippen LogP contribution in [0.25, 0.3) is 0 Å². The summed E-state index contributed by atoms with van der Waals surface area (Å²) in [5.74, 6) is 0.108.